The molecule has 13 heavy (non-hydrogen) atoms. The Labute approximate surface area is 75.6 Å². The molecule has 1 rings (SSSR count). The maximum atomic E-state index is 11.3. The van der Waals surface area contributed by atoms with Gasteiger partial charge >= 0.3 is 0 Å². The van der Waals surface area contributed by atoms with Crippen LogP contribution in [0.25, 0.3) is 0 Å². The monoisotopic (exact) mass is 187 g/mol. The van der Waals surface area contributed by atoms with Crippen molar-refractivity contribution in [3.63, 3.8) is 0 Å². The minimum Gasteiger partial charge on any atom is -0.379 e. The van der Waals surface area contributed by atoms with Crippen molar-refractivity contribution in [3.05, 3.63) is 0 Å². The van der Waals surface area contributed by atoms with Gasteiger partial charge in [-0.3, -0.25) is 9.59 Å². The van der Waals surface area contributed by atoms with Gasteiger partial charge in [0.05, 0.1) is 13.2 Å². The van der Waals surface area contributed by atoms with Crippen molar-refractivity contribution < 1.29 is 14.3 Å². The van der Waals surface area contributed by atoms with E-state index < -0.39 is 11.4 Å². The molecule has 0 spiro atoms. The molecule has 1 aliphatic rings. The lowest BCUT2D eigenvalue weighted by Crippen LogP contribution is -2.55. The number of carbonyl (C=O) groups excluding carboxylic acids is 2. The molecule has 6 heteroatoms. The quantitative estimate of drug-likeness (QED) is 0.462. The van der Waals surface area contributed by atoms with E-state index in [2.05, 4.69) is 5.32 Å². The molecule has 0 aromatic heterocycles. The smallest absolute Gasteiger partial charge is 0.243 e. The van der Waals surface area contributed by atoms with Gasteiger partial charge in [0.25, 0.3) is 0 Å². The highest BCUT2D eigenvalue weighted by atomic mass is 16.5. The molecule has 0 aliphatic carbocycles. The van der Waals surface area contributed by atoms with Crippen molar-refractivity contribution in [2.75, 3.05) is 19.8 Å². The molecule has 1 saturated heterocycles. The minimum atomic E-state index is -0.991. The van der Waals surface area contributed by atoms with Crippen LogP contribution < -0.4 is 16.8 Å². The molecule has 1 heterocycles. The largest absolute Gasteiger partial charge is 0.379 e. The zero-order valence-electron chi connectivity index (χ0n) is 7.21. The lowest BCUT2D eigenvalue weighted by molar-refractivity contribution is -0.128. The summed E-state index contributed by atoms with van der Waals surface area (Å²) in [6.45, 7) is 0.482. The first-order valence-electron chi connectivity index (χ1n) is 3.98. The Hall–Kier alpha value is -1.14. The van der Waals surface area contributed by atoms with Gasteiger partial charge in [0.2, 0.25) is 11.8 Å². The third-order valence-corrected chi connectivity index (χ3v) is 1.93. The average Bonchev–Trinajstić information content (AvgIpc) is 2.49. The van der Waals surface area contributed by atoms with E-state index >= 15 is 0 Å². The SMILES string of the molecule is NC(=O)CNC(=O)C1(N)CCOC1. The van der Waals surface area contributed by atoms with Gasteiger partial charge in [-0.15, -0.1) is 0 Å². The van der Waals surface area contributed by atoms with Crippen molar-refractivity contribution in [3.8, 4) is 0 Å². The van der Waals surface area contributed by atoms with Gasteiger partial charge in [-0.25, -0.2) is 0 Å². The molecule has 0 aromatic rings. The number of amides is 2. The van der Waals surface area contributed by atoms with E-state index in [1.165, 1.54) is 0 Å². The van der Waals surface area contributed by atoms with Gasteiger partial charge in [0.15, 0.2) is 0 Å². The number of hydrogen-bond donors (Lipinski definition) is 3. The number of primary amides is 1. The molecule has 0 radical (unpaired) electrons. The predicted octanol–water partition coefficient (Wildman–Crippen LogP) is -2.29. The standard InChI is InChI=1S/C7H13N3O3/c8-5(11)3-10-6(12)7(9)1-2-13-4-7/h1-4,9H2,(H2,8,11)(H,10,12). The van der Waals surface area contributed by atoms with Crippen molar-refractivity contribution in [2.45, 2.75) is 12.0 Å². The van der Waals surface area contributed by atoms with Crippen LogP contribution in [0.4, 0.5) is 0 Å². The van der Waals surface area contributed by atoms with Crippen LogP contribution in [-0.2, 0) is 14.3 Å². The van der Waals surface area contributed by atoms with Crippen LogP contribution in [-0.4, -0.2) is 37.1 Å². The summed E-state index contributed by atoms with van der Waals surface area (Å²) in [5.41, 5.74) is 9.57. The number of nitrogens with two attached hydrogens (primary N) is 2. The van der Waals surface area contributed by atoms with E-state index in [4.69, 9.17) is 16.2 Å². The zero-order valence-corrected chi connectivity index (χ0v) is 7.21. The Bertz CT molecular complexity index is 223. The van der Waals surface area contributed by atoms with Gasteiger partial charge in [-0.1, -0.05) is 0 Å². The lowest BCUT2D eigenvalue weighted by atomic mass is 9.99. The number of carbonyl (C=O) groups is 2. The van der Waals surface area contributed by atoms with E-state index in [1.54, 1.807) is 0 Å². The number of hydrogen-bond acceptors (Lipinski definition) is 4. The van der Waals surface area contributed by atoms with E-state index in [-0.39, 0.29) is 19.1 Å². The number of nitrogens with one attached hydrogen (secondary N) is 1. The first-order chi connectivity index (χ1) is 6.04. The van der Waals surface area contributed by atoms with Crippen LogP contribution in [0.3, 0.4) is 0 Å². The van der Waals surface area contributed by atoms with Crippen molar-refractivity contribution in [1.29, 1.82) is 0 Å². The normalized spacial score (nSPS) is 27.2. The van der Waals surface area contributed by atoms with Crippen LogP contribution in [0, 0.1) is 0 Å². The Balaban J connectivity index is 2.42. The summed E-state index contributed by atoms with van der Waals surface area (Å²) in [6, 6.07) is 0. The fourth-order valence-corrected chi connectivity index (χ4v) is 1.10. The first kappa shape index (κ1) is 9.94. The van der Waals surface area contributed by atoms with E-state index in [0.717, 1.165) is 0 Å². The third kappa shape index (κ3) is 2.40. The van der Waals surface area contributed by atoms with Crippen LogP contribution >= 0.6 is 0 Å². The second-order valence-corrected chi connectivity index (χ2v) is 3.11. The molecular weight excluding hydrogens is 174 g/mol. The Morgan fingerprint density at radius 1 is 1.54 bits per heavy atom. The molecule has 0 bridgehead atoms. The third-order valence-electron chi connectivity index (χ3n) is 1.93. The maximum Gasteiger partial charge on any atom is 0.243 e. The predicted molar refractivity (Wildman–Crippen MR) is 44.6 cm³/mol. The zero-order chi connectivity index (χ0) is 9.90. The molecule has 0 aromatic carbocycles. The molecule has 6 nitrogen and oxygen atoms in total. The molecule has 1 aliphatic heterocycles. The highest BCUT2D eigenvalue weighted by Gasteiger charge is 2.38. The summed E-state index contributed by atoms with van der Waals surface area (Å²) >= 11 is 0. The highest BCUT2D eigenvalue weighted by molar-refractivity contribution is 5.90. The Morgan fingerprint density at radius 3 is 2.69 bits per heavy atom. The lowest BCUT2D eigenvalue weighted by Gasteiger charge is -2.19. The van der Waals surface area contributed by atoms with Gasteiger partial charge in [-0.2, -0.15) is 0 Å². The maximum absolute atomic E-state index is 11.3. The number of ether oxygens (including phenoxy) is 1. The molecule has 1 unspecified atom stereocenters. The molecule has 74 valence electrons. The van der Waals surface area contributed by atoms with Crippen LogP contribution in [0.15, 0.2) is 0 Å². The fraction of sp³-hybridized carbons (Fsp3) is 0.714. The second-order valence-electron chi connectivity index (χ2n) is 3.11. The van der Waals surface area contributed by atoms with E-state index in [9.17, 15) is 9.59 Å². The summed E-state index contributed by atoms with van der Waals surface area (Å²) in [5, 5.41) is 2.35. The van der Waals surface area contributed by atoms with Crippen molar-refractivity contribution in [2.24, 2.45) is 11.5 Å². The van der Waals surface area contributed by atoms with E-state index in [1.807, 2.05) is 0 Å². The van der Waals surface area contributed by atoms with Crippen molar-refractivity contribution >= 4 is 11.8 Å². The minimum absolute atomic E-state index is 0.183. The highest BCUT2D eigenvalue weighted by Crippen LogP contribution is 2.14. The van der Waals surface area contributed by atoms with Crippen LogP contribution in [0.1, 0.15) is 6.42 Å². The summed E-state index contributed by atoms with van der Waals surface area (Å²) in [6.07, 6.45) is 0.470. The van der Waals surface area contributed by atoms with Crippen LogP contribution in [0.5, 0.6) is 0 Å². The fourth-order valence-electron chi connectivity index (χ4n) is 1.10. The topological polar surface area (TPSA) is 107 Å². The van der Waals surface area contributed by atoms with Crippen LogP contribution in [0.2, 0.25) is 0 Å². The summed E-state index contributed by atoms with van der Waals surface area (Å²) in [7, 11) is 0. The second kappa shape index (κ2) is 3.71. The Morgan fingerprint density at radius 2 is 2.23 bits per heavy atom. The molecule has 5 N–H and O–H groups in total. The average molecular weight is 187 g/mol. The summed E-state index contributed by atoms with van der Waals surface area (Å²) in [4.78, 5) is 21.7. The van der Waals surface area contributed by atoms with Gasteiger partial charge in [0.1, 0.15) is 5.54 Å². The molecule has 0 saturated carbocycles. The molecule has 1 fully saturated rings. The molecular formula is C7H13N3O3. The van der Waals surface area contributed by atoms with Crippen molar-refractivity contribution in [1.82, 2.24) is 5.32 Å². The van der Waals surface area contributed by atoms with Gasteiger partial charge in [0, 0.05) is 6.61 Å². The first-order valence-corrected chi connectivity index (χ1v) is 3.98. The molecule has 1 atom stereocenters. The van der Waals surface area contributed by atoms with E-state index in [0.29, 0.717) is 13.0 Å². The van der Waals surface area contributed by atoms with Gasteiger partial charge < -0.3 is 21.5 Å². The summed E-state index contributed by atoms with van der Waals surface area (Å²) in [5.74, 6) is -0.973. The molecule has 2 amide bonds. The number of rotatable bonds is 3. The Kier molecular flexibility index (Phi) is 2.84. The summed E-state index contributed by atoms with van der Waals surface area (Å²) < 4.78 is 4.99. The van der Waals surface area contributed by atoms with Gasteiger partial charge in [-0.05, 0) is 6.42 Å².